The number of rotatable bonds is 4. The first-order valence-electron chi connectivity index (χ1n) is 9.13. The summed E-state index contributed by atoms with van der Waals surface area (Å²) in [5.74, 6) is 6.54. The largest absolute Gasteiger partial charge is 0.193 e. The van der Waals surface area contributed by atoms with Crippen LogP contribution in [0, 0.1) is 23.2 Å². The van der Waals surface area contributed by atoms with Gasteiger partial charge in [0.1, 0.15) is 0 Å². The third-order valence-electron chi connectivity index (χ3n) is 4.65. The van der Waals surface area contributed by atoms with Gasteiger partial charge in [0.2, 0.25) is 0 Å². The SMILES string of the molecule is CCCCCc1ccc(C#Cc2ccc3c(c2)CCC(C#N)=C3)cc1. The first-order chi connectivity index (χ1) is 12.3. The molecule has 2 aromatic rings. The molecule has 0 aromatic heterocycles. The minimum absolute atomic E-state index is 0.833. The van der Waals surface area contributed by atoms with Crippen molar-refractivity contribution in [2.75, 3.05) is 0 Å². The van der Waals surface area contributed by atoms with Crippen molar-refractivity contribution in [3.8, 4) is 17.9 Å². The van der Waals surface area contributed by atoms with Crippen LogP contribution in [0.2, 0.25) is 0 Å². The van der Waals surface area contributed by atoms with Crippen LogP contribution in [0.25, 0.3) is 6.08 Å². The molecule has 0 saturated carbocycles. The summed E-state index contributed by atoms with van der Waals surface area (Å²) >= 11 is 0. The van der Waals surface area contributed by atoms with Crippen LogP contribution in [-0.4, -0.2) is 0 Å². The maximum atomic E-state index is 9.02. The summed E-state index contributed by atoms with van der Waals surface area (Å²) in [4.78, 5) is 0. The fourth-order valence-electron chi connectivity index (χ4n) is 3.14. The molecule has 0 heterocycles. The van der Waals surface area contributed by atoms with Gasteiger partial charge in [0.05, 0.1) is 6.07 Å². The van der Waals surface area contributed by atoms with Crippen molar-refractivity contribution >= 4 is 6.08 Å². The van der Waals surface area contributed by atoms with Gasteiger partial charge in [-0.2, -0.15) is 5.26 Å². The van der Waals surface area contributed by atoms with Crippen molar-refractivity contribution in [2.24, 2.45) is 0 Å². The van der Waals surface area contributed by atoms with Gasteiger partial charge in [0.15, 0.2) is 0 Å². The summed E-state index contributed by atoms with van der Waals surface area (Å²) in [7, 11) is 0. The molecule has 1 aliphatic rings. The van der Waals surface area contributed by atoms with Crippen molar-refractivity contribution in [1.29, 1.82) is 5.26 Å². The van der Waals surface area contributed by atoms with Crippen molar-refractivity contribution in [3.63, 3.8) is 0 Å². The van der Waals surface area contributed by atoms with Crippen molar-refractivity contribution in [1.82, 2.24) is 0 Å². The first-order valence-corrected chi connectivity index (χ1v) is 9.13. The zero-order valence-electron chi connectivity index (χ0n) is 14.8. The van der Waals surface area contributed by atoms with Crippen LogP contribution in [0.3, 0.4) is 0 Å². The zero-order valence-corrected chi connectivity index (χ0v) is 14.8. The van der Waals surface area contributed by atoms with Gasteiger partial charge < -0.3 is 0 Å². The molecule has 0 unspecified atom stereocenters. The number of hydrogen-bond acceptors (Lipinski definition) is 1. The molecule has 124 valence electrons. The van der Waals surface area contributed by atoms with Crippen LogP contribution < -0.4 is 0 Å². The molecule has 0 amide bonds. The predicted molar refractivity (Wildman–Crippen MR) is 104 cm³/mol. The van der Waals surface area contributed by atoms with E-state index >= 15 is 0 Å². The summed E-state index contributed by atoms with van der Waals surface area (Å²) in [6.45, 7) is 2.23. The molecule has 25 heavy (non-hydrogen) atoms. The van der Waals surface area contributed by atoms with E-state index in [1.807, 2.05) is 12.1 Å². The number of nitriles is 1. The second kappa shape index (κ2) is 8.36. The van der Waals surface area contributed by atoms with Gasteiger partial charge >= 0.3 is 0 Å². The maximum Gasteiger partial charge on any atom is 0.0947 e. The van der Waals surface area contributed by atoms with Gasteiger partial charge in [-0.3, -0.25) is 0 Å². The number of nitrogens with zero attached hydrogens (tertiary/aromatic N) is 1. The van der Waals surface area contributed by atoms with Crippen LogP contribution in [0.5, 0.6) is 0 Å². The number of aryl methyl sites for hydroxylation is 2. The fourth-order valence-corrected chi connectivity index (χ4v) is 3.14. The Labute approximate surface area is 151 Å². The van der Waals surface area contributed by atoms with Gasteiger partial charge in [-0.15, -0.1) is 0 Å². The molecule has 0 N–H and O–H groups in total. The molecule has 0 saturated heterocycles. The summed E-state index contributed by atoms with van der Waals surface area (Å²) in [5, 5.41) is 9.02. The van der Waals surface area contributed by atoms with E-state index in [0.717, 1.165) is 41.5 Å². The normalized spacial score (nSPS) is 12.4. The standard InChI is InChI=1S/C24H23N/c1-2-3-4-5-19-6-8-20(9-7-19)10-11-21-12-14-24-17-22(18-25)13-15-23(24)16-21/h6-9,12,14,16-17H,2-5,13,15H2,1H3. The topological polar surface area (TPSA) is 23.8 Å². The Hall–Kier alpha value is -2.77. The first kappa shape index (κ1) is 17.1. The number of unbranched alkanes of at least 4 members (excludes halogenated alkanes) is 2. The zero-order chi connectivity index (χ0) is 17.5. The Morgan fingerprint density at radius 2 is 1.68 bits per heavy atom. The predicted octanol–water partition coefficient (Wildman–Crippen LogP) is 5.67. The molecular weight excluding hydrogens is 302 g/mol. The Morgan fingerprint density at radius 3 is 2.44 bits per heavy atom. The van der Waals surface area contributed by atoms with E-state index in [0.29, 0.717) is 0 Å². The van der Waals surface area contributed by atoms with Gasteiger partial charge in [0, 0.05) is 16.7 Å². The van der Waals surface area contributed by atoms with Crippen LogP contribution >= 0.6 is 0 Å². The molecule has 0 spiro atoms. The van der Waals surface area contributed by atoms with E-state index in [1.54, 1.807) is 0 Å². The molecule has 1 nitrogen and oxygen atoms in total. The second-order valence-electron chi connectivity index (χ2n) is 6.60. The maximum absolute atomic E-state index is 9.02. The third kappa shape index (κ3) is 4.62. The molecule has 0 aliphatic heterocycles. The molecular formula is C24H23N. The average molecular weight is 325 g/mol. The van der Waals surface area contributed by atoms with Gasteiger partial charge in [0.25, 0.3) is 0 Å². The molecule has 0 bridgehead atoms. The molecule has 1 aliphatic carbocycles. The van der Waals surface area contributed by atoms with Crippen molar-refractivity contribution in [3.05, 3.63) is 75.9 Å². The lowest BCUT2D eigenvalue weighted by Crippen LogP contribution is -1.98. The van der Waals surface area contributed by atoms with Crippen LogP contribution in [0.4, 0.5) is 0 Å². The van der Waals surface area contributed by atoms with Gasteiger partial charge in [-0.05, 0) is 72.7 Å². The van der Waals surface area contributed by atoms with Crippen LogP contribution in [0.1, 0.15) is 60.4 Å². The molecule has 3 rings (SSSR count). The molecule has 0 radical (unpaired) electrons. The molecule has 1 heteroatoms. The summed E-state index contributed by atoms with van der Waals surface area (Å²) in [6.07, 6.45) is 8.73. The molecule has 0 atom stereocenters. The quantitative estimate of drug-likeness (QED) is 0.524. The van der Waals surface area contributed by atoms with Gasteiger partial charge in [-0.25, -0.2) is 0 Å². The highest BCUT2D eigenvalue weighted by molar-refractivity contribution is 5.64. The summed E-state index contributed by atoms with van der Waals surface area (Å²) in [5.41, 5.74) is 6.81. The highest BCUT2D eigenvalue weighted by atomic mass is 14.3. The fraction of sp³-hybridized carbons (Fsp3) is 0.292. The van der Waals surface area contributed by atoms with E-state index in [1.165, 1.54) is 30.4 Å². The smallest absolute Gasteiger partial charge is 0.0947 e. The average Bonchev–Trinajstić information content (AvgIpc) is 2.67. The number of allylic oxidation sites excluding steroid dienone is 1. The number of benzene rings is 2. The van der Waals surface area contributed by atoms with Crippen molar-refractivity contribution in [2.45, 2.75) is 45.4 Å². The Kier molecular flexibility index (Phi) is 5.71. The summed E-state index contributed by atoms with van der Waals surface area (Å²) < 4.78 is 0. The summed E-state index contributed by atoms with van der Waals surface area (Å²) in [6, 6.07) is 17.2. The van der Waals surface area contributed by atoms with E-state index < -0.39 is 0 Å². The van der Waals surface area contributed by atoms with E-state index in [9.17, 15) is 0 Å². The van der Waals surface area contributed by atoms with E-state index in [4.69, 9.17) is 5.26 Å². The monoisotopic (exact) mass is 325 g/mol. The Bertz CT molecular complexity index is 867. The lowest BCUT2D eigenvalue weighted by molar-refractivity contribution is 0.717. The lowest BCUT2D eigenvalue weighted by atomic mass is 9.91. The minimum Gasteiger partial charge on any atom is -0.193 e. The van der Waals surface area contributed by atoms with E-state index in [2.05, 4.69) is 61.2 Å². The molecule has 2 aromatic carbocycles. The minimum atomic E-state index is 0.833. The highest BCUT2D eigenvalue weighted by Crippen LogP contribution is 2.24. The van der Waals surface area contributed by atoms with E-state index in [-0.39, 0.29) is 0 Å². The Balaban J connectivity index is 1.70. The third-order valence-corrected chi connectivity index (χ3v) is 4.65. The number of hydrogen-bond donors (Lipinski definition) is 0. The van der Waals surface area contributed by atoms with Crippen LogP contribution in [0.15, 0.2) is 48.0 Å². The highest BCUT2D eigenvalue weighted by Gasteiger charge is 2.09. The van der Waals surface area contributed by atoms with Gasteiger partial charge in [-0.1, -0.05) is 49.8 Å². The molecule has 0 fully saturated rings. The van der Waals surface area contributed by atoms with Crippen molar-refractivity contribution < 1.29 is 0 Å². The Morgan fingerprint density at radius 1 is 0.920 bits per heavy atom. The number of fused-ring (bicyclic) bond motifs is 1. The lowest BCUT2D eigenvalue weighted by Gasteiger charge is -2.12. The second-order valence-corrected chi connectivity index (χ2v) is 6.60. The van der Waals surface area contributed by atoms with Crippen LogP contribution in [-0.2, 0) is 12.8 Å².